The molecule has 2 N–H and O–H groups in total. The molecule has 6 nitrogen and oxygen atoms in total. The first-order valence-corrected chi connectivity index (χ1v) is 7.29. The summed E-state index contributed by atoms with van der Waals surface area (Å²) in [5, 5.41) is 21.0. The van der Waals surface area contributed by atoms with Gasteiger partial charge in [0, 0.05) is 18.4 Å². The van der Waals surface area contributed by atoms with Gasteiger partial charge in [-0.1, -0.05) is 18.2 Å². The first kappa shape index (κ1) is 15.5. The molecule has 1 aromatic heterocycles. The third kappa shape index (κ3) is 3.07. The van der Waals surface area contributed by atoms with E-state index in [1.807, 2.05) is 30.3 Å². The number of hydrogen-bond donors (Lipinski definition) is 2. The summed E-state index contributed by atoms with van der Waals surface area (Å²) in [7, 11) is 0. The zero-order valence-corrected chi connectivity index (χ0v) is 12.6. The second kappa shape index (κ2) is 6.74. The van der Waals surface area contributed by atoms with E-state index >= 15 is 0 Å². The highest BCUT2D eigenvalue weighted by Gasteiger charge is 2.13. The third-order valence-corrected chi connectivity index (χ3v) is 4.04. The van der Waals surface area contributed by atoms with Gasteiger partial charge in [0.1, 0.15) is 15.3 Å². The van der Waals surface area contributed by atoms with Gasteiger partial charge in [-0.15, -0.1) is 11.3 Å². The molecule has 0 spiro atoms. The summed E-state index contributed by atoms with van der Waals surface area (Å²) in [6.07, 6.45) is 1.52. The van der Waals surface area contributed by atoms with Crippen LogP contribution < -0.4 is 20.1 Å². The summed E-state index contributed by atoms with van der Waals surface area (Å²) in [4.78, 5) is 23.4. The lowest BCUT2D eigenvalue weighted by molar-refractivity contribution is -0.130. The van der Waals surface area contributed by atoms with Gasteiger partial charge in [0.15, 0.2) is 5.57 Å². The van der Waals surface area contributed by atoms with Gasteiger partial charge in [0.2, 0.25) is 0 Å². The van der Waals surface area contributed by atoms with Gasteiger partial charge in [0.05, 0.1) is 0 Å². The average molecular weight is 315 g/mol. The molecule has 0 saturated carbocycles. The molecule has 0 aliphatic heterocycles. The molecular weight excluding hydrogens is 302 g/mol. The van der Waals surface area contributed by atoms with E-state index in [1.54, 1.807) is 13.0 Å². The Morgan fingerprint density at radius 3 is 2.68 bits per heavy atom. The number of benzene rings is 1. The van der Waals surface area contributed by atoms with Crippen molar-refractivity contribution in [1.29, 1.82) is 5.26 Å². The molecule has 0 radical (unpaired) electrons. The number of para-hydroxylation sites is 1. The molecular formula is C15H13N3O3S. The van der Waals surface area contributed by atoms with Gasteiger partial charge in [-0.3, -0.25) is 9.36 Å². The molecule has 2 rings (SSSR count). The molecule has 0 aliphatic rings. The van der Waals surface area contributed by atoms with Gasteiger partial charge in [-0.2, -0.15) is 5.26 Å². The van der Waals surface area contributed by atoms with Crippen LogP contribution in [0, 0.1) is 11.3 Å². The number of rotatable bonds is 4. The number of carboxylic acid groups (broad SMARTS) is 1. The minimum absolute atomic E-state index is 0.156. The Morgan fingerprint density at radius 2 is 2.14 bits per heavy atom. The Hall–Kier alpha value is -2.85. The maximum absolute atomic E-state index is 12.3. The van der Waals surface area contributed by atoms with Crippen molar-refractivity contribution in [3.05, 3.63) is 49.9 Å². The molecule has 1 aromatic carbocycles. The molecule has 2 aromatic rings. The van der Waals surface area contributed by atoms with E-state index in [9.17, 15) is 9.59 Å². The van der Waals surface area contributed by atoms with Crippen LogP contribution in [0.1, 0.15) is 6.92 Å². The maximum atomic E-state index is 12.3. The molecule has 1 heterocycles. The number of hydrogen-bond acceptors (Lipinski definition) is 5. The number of aliphatic carboxylic acids is 1. The van der Waals surface area contributed by atoms with Crippen LogP contribution in [0.5, 0.6) is 0 Å². The van der Waals surface area contributed by atoms with Crippen molar-refractivity contribution in [3.63, 3.8) is 0 Å². The molecule has 22 heavy (non-hydrogen) atoms. The number of nitrogens with zero attached hydrogens (tertiary/aromatic N) is 2. The molecule has 0 unspecified atom stereocenters. The van der Waals surface area contributed by atoms with Crippen molar-refractivity contribution in [1.82, 2.24) is 4.57 Å². The highest BCUT2D eigenvalue weighted by molar-refractivity contribution is 7.07. The maximum Gasteiger partial charge on any atom is 0.349 e. The number of thiazole rings is 1. The molecule has 0 atom stereocenters. The summed E-state index contributed by atoms with van der Waals surface area (Å²) < 4.78 is 1.79. The Morgan fingerprint density at radius 1 is 1.45 bits per heavy atom. The van der Waals surface area contributed by atoms with Gasteiger partial charge < -0.3 is 10.4 Å². The highest BCUT2D eigenvalue weighted by atomic mass is 32.1. The summed E-state index contributed by atoms with van der Waals surface area (Å²) in [5.74, 6) is -1.34. The summed E-state index contributed by atoms with van der Waals surface area (Å²) in [6.45, 7) is 2.02. The zero-order valence-electron chi connectivity index (χ0n) is 11.7. The molecule has 112 valence electrons. The normalized spacial score (nSPS) is 12.6. The third-order valence-electron chi connectivity index (χ3n) is 2.91. The van der Waals surface area contributed by atoms with Crippen molar-refractivity contribution in [2.75, 3.05) is 5.32 Å². The molecule has 0 saturated heterocycles. The van der Waals surface area contributed by atoms with Gasteiger partial charge in [-0.25, -0.2) is 4.79 Å². The minimum Gasteiger partial charge on any atom is -0.477 e. The van der Waals surface area contributed by atoms with Crippen LogP contribution in [-0.2, 0) is 11.3 Å². The van der Waals surface area contributed by atoms with Crippen molar-refractivity contribution >= 4 is 34.8 Å². The van der Waals surface area contributed by atoms with E-state index in [2.05, 4.69) is 5.32 Å². The predicted molar refractivity (Wildman–Crippen MR) is 84.7 cm³/mol. The summed E-state index contributed by atoms with van der Waals surface area (Å²) >= 11 is 0.983. The predicted octanol–water partition coefficient (Wildman–Crippen LogP) is 0.539. The number of nitrogens with one attached hydrogen (secondary N) is 1. The first-order valence-electron chi connectivity index (χ1n) is 6.47. The molecule has 7 heteroatoms. The standard InChI is InChI=1S/C15H13N3O3S/c1-2-18-13(19)12(9-17-10-6-4-3-5-7-10)22-14(18)11(8-16)15(20)21/h3-7,9,17H,2H2,1H3,(H,20,21)/b12-9+,14-11-. The van der Waals surface area contributed by atoms with Crippen LogP contribution in [0.4, 0.5) is 5.69 Å². The number of nitriles is 1. The Balaban J connectivity index is 2.62. The van der Waals surface area contributed by atoms with Crippen molar-refractivity contribution in [3.8, 4) is 6.07 Å². The Kier molecular flexibility index (Phi) is 4.76. The van der Waals surface area contributed by atoms with Crippen molar-refractivity contribution in [2.24, 2.45) is 0 Å². The fourth-order valence-electron chi connectivity index (χ4n) is 1.86. The van der Waals surface area contributed by atoms with Gasteiger partial charge in [0.25, 0.3) is 5.56 Å². The first-order chi connectivity index (χ1) is 10.6. The zero-order chi connectivity index (χ0) is 16.1. The molecule has 0 amide bonds. The lowest BCUT2D eigenvalue weighted by Crippen LogP contribution is -2.32. The lowest BCUT2D eigenvalue weighted by Gasteiger charge is -1.97. The van der Waals surface area contributed by atoms with Crippen LogP contribution in [0.2, 0.25) is 0 Å². The largest absolute Gasteiger partial charge is 0.477 e. The molecule has 0 fully saturated rings. The van der Waals surface area contributed by atoms with Crippen LogP contribution >= 0.6 is 11.3 Å². The fourth-order valence-corrected chi connectivity index (χ4v) is 2.94. The van der Waals surface area contributed by atoms with E-state index in [-0.39, 0.29) is 10.2 Å². The Bertz CT molecular complexity index is 904. The van der Waals surface area contributed by atoms with E-state index in [4.69, 9.17) is 10.4 Å². The molecule has 0 bridgehead atoms. The smallest absolute Gasteiger partial charge is 0.349 e. The minimum atomic E-state index is -1.34. The van der Waals surface area contributed by atoms with E-state index < -0.39 is 11.5 Å². The summed E-state index contributed by atoms with van der Waals surface area (Å²) in [6, 6.07) is 10.9. The van der Waals surface area contributed by atoms with Crippen LogP contribution in [0.15, 0.2) is 35.1 Å². The second-order valence-corrected chi connectivity index (χ2v) is 5.30. The van der Waals surface area contributed by atoms with Gasteiger partial charge in [-0.05, 0) is 19.1 Å². The van der Waals surface area contributed by atoms with Crippen molar-refractivity contribution < 1.29 is 9.90 Å². The number of carboxylic acids is 1. The fraction of sp³-hybridized carbons (Fsp3) is 0.133. The molecule has 0 aliphatic carbocycles. The van der Waals surface area contributed by atoms with Crippen LogP contribution in [0.3, 0.4) is 0 Å². The van der Waals surface area contributed by atoms with E-state index in [0.29, 0.717) is 11.1 Å². The van der Waals surface area contributed by atoms with Crippen LogP contribution in [0.25, 0.3) is 11.8 Å². The number of aromatic nitrogens is 1. The number of carbonyl (C=O) groups is 1. The van der Waals surface area contributed by atoms with Crippen LogP contribution in [-0.4, -0.2) is 15.6 Å². The van der Waals surface area contributed by atoms with E-state index in [1.165, 1.54) is 10.8 Å². The second-order valence-electron chi connectivity index (χ2n) is 4.27. The highest BCUT2D eigenvalue weighted by Crippen LogP contribution is 2.04. The van der Waals surface area contributed by atoms with Crippen molar-refractivity contribution in [2.45, 2.75) is 13.5 Å². The SMILES string of the molecule is CCn1c(=O)/c(=C\Nc2ccccc2)s/c1=C(/C#N)C(=O)O. The topological polar surface area (TPSA) is 95.1 Å². The summed E-state index contributed by atoms with van der Waals surface area (Å²) in [5.41, 5.74) is 0.0610. The quantitative estimate of drug-likeness (QED) is 0.858. The van der Waals surface area contributed by atoms with Gasteiger partial charge >= 0.3 is 5.97 Å². The Labute approximate surface area is 129 Å². The average Bonchev–Trinajstić information content (AvgIpc) is 2.82. The lowest BCUT2D eigenvalue weighted by atomic mass is 10.3. The van der Waals surface area contributed by atoms with E-state index in [0.717, 1.165) is 17.0 Å². The monoisotopic (exact) mass is 315 g/mol. The number of anilines is 1.